The molecule has 0 aromatic carbocycles. The Labute approximate surface area is 114 Å². The quantitative estimate of drug-likeness (QED) is 0.823. The minimum atomic E-state index is -0.0143. The normalized spacial score (nSPS) is 17.2. The van der Waals surface area contributed by atoms with Crippen molar-refractivity contribution >= 4 is 5.91 Å². The summed E-state index contributed by atoms with van der Waals surface area (Å²) in [4.78, 5) is 20.7. The molecule has 0 radical (unpaired) electrons. The number of nitrogens with zero attached hydrogens (tertiary/aromatic N) is 3. The van der Waals surface area contributed by atoms with Crippen LogP contribution in [0.5, 0.6) is 5.88 Å². The number of ether oxygens (including phenoxy) is 1. The monoisotopic (exact) mass is 263 g/mol. The minimum absolute atomic E-state index is 0.0143. The van der Waals surface area contributed by atoms with Crippen LogP contribution in [0.2, 0.25) is 0 Å². The molecule has 0 saturated carbocycles. The molecule has 104 valence electrons. The molecule has 5 nitrogen and oxygen atoms in total. The standard InChI is InChI=1S/C14H21N3O2/c1-16-9-6-11(7-10-16)17(2)14(18)12-5-4-8-15-13(12)19-3/h4-5,8,11H,6-7,9-10H2,1-3H3. The highest BCUT2D eigenvalue weighted by Crippen LogP contribution is 2.20. The van der Waals surface area contributed by atoms with Crippen molar-refractivity contribution in [2.75, 3.05) is 34.3 Å². The van der Waals surface area contributed by atoms with Crippen LogP contribution in [0.25, 0.3) is 0 Å². The molecule has 0 atom stereocenters. The van der Waals surface area contributed by atoms with E-state index in [2.05, 4.69) is 16.9 Å². The van der Waals surface area contributed by atoms with Gasteiger partial charge in [0.05, 0.1) is 7.11 Å². The number of methoxy groups -OCH3 is 1. The third-order valence-electron chi connectivity index (χ3n) is 3.75. The summed E-state index contributed by atoms with van der Waals surface area (Å²) in [5.74, 6) is 0.381. The molecule has 0 aliphatic carbocycles. The van der Waals surface area contributed by atoms with Crippen LogP contribution in [0, 0.1) is 0 Å². The van der Waals surface area contributed by atoms with Gasteiger partial charge in [0.25, 0.3) is 5.91 Å². The van der Waals surface area contributed by atoms with Gasteiger partial charge in [-0.2, -0.15) is 0 Å². The first-order valence-corrected chi connectivity index (χ1v) is 6.58. The second-order valence-corrected chi connectivity index (χ2v) is 5.01. The largest absolute Gasteiger partial charge is 0.480 e. The molecule has 2 rings (SSSR count). The van der Waals surface area contributed by atoms with E-state index in [1.165, 1.54) is 7.11 Å². The Kier molecular flexibility index (Phi) is 4.37. The summed E-state index contributed by atoms with van der Waals surface area (Å²) >= 11 is 0. The van der Waals surface area contributed by atoms with Gasteiger partial charge < -0.3 is 14.5 Å². The van der Waals surface area contributed by atoms with E-state index >= 15 is 0 Å². The molecular formula is C14H21N3O2. The Morgan fingerprint density at radius 2 is 2.16 bits per heavy atom. The highest BCUT2D eigenvalue weighted by atomic mass is 16.5. The maximum atomic E-state index is 12.5. The molecule has 0 bridgehead atoms. The Balaban J connectivity index is 2.10. The Morgan fingerprint density at radius 3 is 2.79 bits per heavy atom. The predicted molar refractivity (Wildman–Crippen MR) is 73.4 cm³/mol. The van der Waals surface area contributed by atoms with Gasteiger partial charge in [0, 0.05) is 19.3 Å². The second-order valence-electron chi connectivity index (χ2n) is 5.01. The number of pyridine rings is 1. The second kappa shape index (κ2) is 6.02. The van der Waals surface area contributed by atoms with E-state index in [4.69, 9.17) is 4.74 Å². The van der Waals surface area contributed by atoms with Crippen LogP contribution in [-0.4, -0.2) is 61.0 Å². The van der Waals surface area contributed by atoms with Crippen LogP contribution in [0.4, 0.5) is 0 Å². The first-order chi connectivity index (χ1) is 9.13. The molecule has 1 aromatic rings. The lowest BCUT2D eigenvalue weighted by Gasteiger charge is -2.35. The van der Waals surface area contributed by atoms with Gasteiger partial charge in [0.15, 0.2) is 0 Å². The summed E-state index contributed by atoms with van der Waals surface area (Å²) in [5, 5.41) is 0. The molecule has 1 aliphatic heterocycles. The van der Waals surface area contributed by atoms with E-state index in [9.17, 15) is 4.79 Å². The zero-order valence-corrected chi connectivity index (χ0v) is 11.8. The number of carbonyl (C=O) groups excluding carboxylic acids is 1. The Hall–Kier alpha value is -1.62. The number of rotatable bonds is 3. The van der Waals surface area contributed by atoms with Gasteiger partial charge in [-0.1, -0.05) is 0 Å². The number of hydrogen-bond acceptors (Lipinski definition) is 4. The smallest absolute Gasteiger partial charge is 0.259 e. The van der Waals surface area contributed by atoms with Gasteiger partial charge in [-0.3, -0.25) is 4.79 Å². The van der Waals surface area contributed by atoms with E-state index < -0.39 is 0 Å². The zero-order valence-electron chi connectivity index (χ0n) is 11.8. The van der Waals surface area contributed by atoms with Crippen LogP contribution in [0.1, 0.15) is 23.2 Å². The lowest BCUT2D eigenvalue weighted by Crippen LogP contribution is -2.44. The number of likely N-dealkylation sites (tertiary alicyclic amines) is 1. The van der Waals surface area contributed by atoms with Gasteiger partial charge in [0.1, 0.15) is 5.56 Å². The lowest BCUT2D eigenvalue weighted by molar-refractivity contribution is 0.0655. The van der Waals surface area contributed by atoms with E-state index in [0.717, 1.165) is 25.9 Å². The van der Waals surface area contributed by atoms with Crippen molar-refractivity contribution in [3.05, 3.63) is 23.9 Å². The van der Waals surface area contributed by atoms with Crippen molar-refractivity contribution < 1.29 is 9.53 Å². The molecule has 1 saturated heterocycles. The molecule has 19 heavy (non-hydrogen) atoms. The summed E-state index contributed by atoms with van der Waals surface area (Å²) in [5.41, 5.74) is 0.534. The lowest BCUT2D eigenvalue weighted by atomic mass is 10.0. The molecule has 0 unspecified atom stereocenters. The minimum Gasteiger partial charge on any atom is -0.480 e. The molecular weight excluding hydrogens is 242 g/mol. The fourth-order valence-corrected chi connectivity index (χ4v) is 2.45. The van der Waals surface area contributed by atoms with Crippen LogP contribution in [0.3, 0.4) is 0 Å². The summed E-state index contributed by atoms with van der Waals surface area (Å²) in [6, 6.07) is 3.83. The average molecular weight is 263 g/mol. The fraction of sp³-hybridized carbons (Fsp3) is 0.571. The highest BCUT2D eigenvalue weighted by molar-refractivity contribution is 5.96. The van der Waals surface area contributed by atoms with E-state index in [0.29, 0.717) is 17.5 Å². The summed E-state index contributed by atoms with van der Waals surface area (Å²) in [7, 11) is 5.52. The Morgan fingerprint density at radius 1 is 1.47 bits per heavy atom. The number of amides is 1. The first-order valence-electron chi connectivity index (χ1n) is 6.58. The van der Waals surface area contributed by atoms with Crippen molar-refractivity contribution in [1.82, 2.24) is 14.8 Å². The van der Waals surface area contributed by atoms with Crippen LogP contribution in [-0.2, 0) is 0 Å². The molecule has 5 heteroatoms. The third-order valence-corrected chi connectivity index (χ3v) is 3.75. The summed E-state index contributed by atoms with van der Waals surface area (Å²) < 4.78 is 5.15. The SMILES string of the molecule is COc1ncccc1C(=O)N(C)C1CCN(C)CC1. The van der Waals surface area contributed by atoms with Gasteiger partial charge >= 0.3 is 0 Å². The predicted octanol–water partition coefficient (Wildman–Crippen LogP) is 1.26. The Bertz CT molecular complexity index is 442. The molecule has 2 heterocycles. The fourth-order valence-electron chi connectivity index (χ4n) is 2.45. The van der Waals surface area contributed by atoms with Gasteiger partial charge in [-0.25, -0.2) is 4.98 Å². The molecule has 0 N–H and O–H groups in total. The van der Waals surface area contributed by atoms with Gasteiger partial charge in [0.2, 0.25) is 5.88 Å². The number of aromatic nitrogens is 1. The van der Waals surface area contributed by atoms with Gasteiger partial charge in [-0.15, -0.1) is 0 Å². The molecule has 0 spiro atoms. The summed E-state index contributed by atoms with van der Waals surface area (Å²) in [6.45, 7) is 2.07. The summed E-state index contributed by atoms with van der Waals surface area (Å²) in [6.07, 6.45) is 3.66. The third kappa shape index (κ3) is 3.04. The number of carbonyl (C=O) groups is 1. The average Bonchev–Trinajstić information content (AvgIpc) is 2.46. The van der Waals surface area contributed by atoms with Crippen molar-refractivity contribution in [2.24, 2.45) is 0 Å². The highest BCUT2D eigenvalue weighted by Gasteiger charge is 2.26. The van der Waals surface area contributed by atoms with Crippen molar-refractivity contribution in [3.63, 3.8) is 0 Å². The van der Waals surface area contributed by atoms with Crippen LogP contribution < -0.4 is 4.74 Å². The first kappa shape index (κ1) is 13.8. The molecule has 1 fully saturated rings. The van der Waals surface area contributed by atoms with Crippen molar-refractivity contribution in [1.29, 1.82) is 0 Å². The van der Waals surface area contributed by atoms with Crippen LogP contribution in [0.15, 0.2) is 18.3 Å². The van der Waals surface area contributed by atoms with E-state index in [-0.39, 0.29) is 5.91 Å². The number of piperidine rings is 1. The molecule has 1 aromatic heterocycles. The number of hydrogen-bond donors (Lipinski definition) is 0. The van der Waals surface area contributed by atoms with E-state index in [1.54, 1.807) is 18.3 Å². The van der Waals surface area contributed by atoms with Crippen molar-refractivity contribution in [3.8, 4) is 5.88 Å². The zero-order chi connectivity index (χ0) is 13.8. The van der Waals surface area contributed by atoms with E-state index in [1.807, 2.05) is 11.9 Å². The van der Waals surface area contributed by atoms with Crippen molar-refractivity contribution in [2.45, 2.75) is 18.9 Å². The van der Waals surface area contributed by atoms with Gasteiger partial charge in [-0.05, 0) is 45.1 Å². The maximum absolute atomic E-state index is 12.5. The molecule has 1 amide bonds. The van der Waals surface area contributed by atoms with Crippen LogP contribution >= 0.6 is 0 Å². The maximum Gasteiger partial charge on any atom is 0.259 e. The topological polar surface area (TPSA) is 45.7 Å². The molecule has 1 aliphatic rings.